The molecule has 4 nitrogen and oxygen atoms in total. The fourth-order valence-electron chi connectivity index (χ4n) is 1.94. The van der Waals surface area contributed by atoms with E-state index in [1.165, 1.54) is 25.7 Å². The van der Waals surface area contributed by atoms with E-state index in [4.69, 9.17) is 5.73 Å². The molecule has 0 aliphatic carbocycles. The lowest BCUT2D eigenvalue weighted by Crippen LogP contribution is -2.51. The second-order valence-electron chi connectivity index (χ2n) is 5.28. The Labute approximate surface area is 112 Å². The van der Waals surface area contributed by atoms with E-state index in [1.807, 2.05) is 13.8 Å². The summed E-state index contributed by atoms with van der Waals surface area (Å²) in [5, 5.41) is 3.25. The van der Waals surface area contributed by atoms with Crippen molar-refractivity contribution in [2.24, 2.45) is 5.73 Å². The second-order valence-corrected chi connectivity index (χ2v) is 5.28. The van der Waals surface area contributed by atoms with Gasteiger partial charge in [0.15, 0.2) is 0 Å². The fourth-order valence-corrected chi connectivity index (χ4v) is 1.94. The zero-order chi connectivity index (χ0) is 14.0. The van der Waals surface area contributed by atoms with Crippen LogP contribution in [0.15, 0.2) is 0 Å². The highest BCUT2D eigenvalue weighted by molar-refractivity contribution is 5.80. The minimum atomic E-state index is -0.248. The predicted octanol–water partition coefficient (Wildman–Crippen LogP) is 1.74. The zero-order valence-corrected chi connectivity index (χ0v) is 12.5. The Hall–Kier alpha value is -0.610. The van der Waals surface area contributed by atoms with Gasteiger partial charge in [0.1, 0.15) is 0 Å². The Morgan fingerprint density at radius 1 is 1.17 bits per heavy atom. The summed E-state index contributed by atoms with van der Waals surface area (Å²) in [7, 11) is 0. The van der Waals surface area contributed by atoms with Crippen molar-refractivity contribution in [1.29, 1.82) is 0 Å². The van der Waals surface area contributed by atoms with Gasteiger partial charge in [-0.2, -0.15) is 0 Å². The lowest BCUT2D eigenvalue weighted by Gasteiger charge is -2.27. The van der Waals surface area contributed by atoms with Crippen molar-refractivity contribution in [2.75, 3.05) is 19.6 Å². The van der Waals surface area contributed by atoms with E-state index in [9.17, 15) is 4.79 Å². The maximum Gasteiger partial charge on any atom is 0.235 e. The standard InChI is InChI=1S/C14H31N3O/c1-5-7-9-17(10-8-6-2)11-13(14(15)18)16-12(3)4/h12-13,16H,5-11H2,1-4H3,(H2,15,18). The number of unbranched alkanes of at least 4 members (excludes halogenated alkanes) is 2. The van der Waals surface area contributed by atoms with Crippen LogP contribution >= 0.6 is 0 Å². The molecular weight excluding hydrogens is 226 g/mol. The molecule has 4 heteroatoms. The molecule has 3 N–H and O–H groups in total. The smallest absolute Gasteiger partial charge is 0.235 e. The summed E-state index contributed by atoms with van der Waals surface area (Å²) >= 11 is 0. The van der Waals surface area contributed by atoms with Crippen LogP contribution in [0, 0.1) is 0 Å². The molecule has 0 radical (unpaired) electrons. The maximum atomic E-state index is 11.5. The summed E-state index contributed by atoms with van der Waals surface area (Å²) in [5.74, 6) is -0.248. The van der Waals surface area contributed by atoms with E-state index >= 15 is 0 Å². The van der Waals surface area contributed by atoms with Gasteiger partial charge >= 0.3 is 0 Å². The number of hydrogen-bond donors (Lipinski definition) is 2. The number of nitrogens with zero attached hydrogens (tertiary/aromatic N) is 1. The molecule has 0 rings (SSSR count). The van der Waals surface area contributed by atoms with Crippen LogP contribution in [0.1, 0.15) is 53.4 Å². The Morgan fingerprint density at radius 2 is 1.67 bits per heavy atom. The lowest BCUT2D eigenvalue weighted by molar-refractivity contribution is -0.120. The van der Waals surface area contributed by atoms with Crippen LogP contribution in [0.5, 0.6) is 0 Å². The van der Waals surface area contributed by atoms with E-state index in [2.05, 4.69) is 24.1 Å². The molecule has 18 heavy (non-hydrogen) atoms. The van der Waals surface area contributed by atoms with Gasteiger partial charge in [0.2, 0.25) is 5.91 Å². The first-order chi connectivity index (χ1) is 8.51. The quantitative estimate of drug-likeness (QED) is 0.593. The third kappa shape index (κ3) is 8.48. The molecule has 0 aliphatic rings. The molecule has 1 atom stereocenters. The largest absolute Gasteiger partial charge is 0.368 e. The number of hydrogen-bond acceptors (Lipinski definition) is 3. The molecule has 0 saturated carbocycles. The molecule has 1 amide bonds. The summed E-state index contributed by atoms with van der Waals surface area (Å²) in [6, 6.07) is 0.0420. The predicted molar refractivity (Wildman–Crippen MR) is 77.5 cm³/mol. The number of rotatable bonds is 11. The SMILES string of the molecule is CCCCN(CCCC)CC(NC(C)C)C(N)=O. The molecule has 0 spiro atoms. The Kier molecular flexibility index (Phi) is 9.98. The lowest BCUT2D eigenvalue weighted by atomic mass is 10.2. The van der Waals surface area contributed by atoms with Crippen molar-refractivity contribution in [2.45, 2.75) is 65.5 Å². The Bertz CT molecular complexity index is 211. The topological polar surface area (TPSA) is 58.4 Å². The molecule has 0 saturated heterocycles. The summed E-state index contributed by atoms with van der Waals surface area (Å²) in [5.41, 5.74) is 5.46. The Balaban J connectivity index is 4.32. The first-order valence-corrected chi connectivity index (χ1v) is 7.28. The number of primary amides is 1. The maximum absolute atomic E-state index is 11.5. The molecular formula is C14H31N3O. The molecule has 108 valence electrons. The summed E-state index contributed by atoms with van der Waals surface area (Å²) < 4.78 is 0. The first-order valence-electron chi connectivity index (χ1n) is 7.28. The van der Waals surface area contributed by atoms with Gasteiger partial charge in [-0.15, -0.1) is 0 Å². The highest BCUT2D eigenvalue weighted by atomic mass is 16.1. The number of amides is 1. The molecule has 0 bridgehead atoms. The molecule has 0 aromatic rings. The molecule has 0 heterocycles. The van der Waals surface area contributed by atoms with Crippen LogP contribution in [0.2, 0.25) is 0 Å². The van der Waals surface area contributed by atoms with Crippen LogP contribution in [-0.2, 0) is 4.79 Å². The Morgan fingerprint density at radius 3 is 2.00 bits per heavy atom. The van der Waals surface area contributed by atoms with Crippen molar-refractivity contribution in [3.63, 3.8) is 0 Å². The van der Waals surface area contributed by atoms with E-state index in [-0.39, 0.29) is 18.0 Å². The van der Waals surface area contributed by atoms with Crippen molar-refractivity contribution in [3.8, 4) is 0 Å². The van der Waals surface area contributed by atoms with Crippen molar-refractivity contribution < 1.29 is 4.79 Å². The fraction of sp³-hybridized carbons (Fsp3) is 0.929. The van der Waals surface area contributed by atoms with Gasteiger partial charge < -0.3 is 16.0 Å². The number of carbonyl (C=O) groups is 1. The van der Waals surface area contributed by atoms with E-state index in [0.29, 0.717) is 0 Å². The van der Waals surface area contributed by atoms with Crippen LogP contribution in [0.3, 0.4) is 0 Å². The number of nitrogens with two attached hydrogens (primary N) is 1. The second kappa shape index (κ2) is 10.3. The van der Waals surface area contributed by atoms with Gasteiger partial charge in [-0.05, 0) is 25.9 Å². The average Bonchev–Trinajstić information content (AvgIpc) is 2.30. The minimum Gasteiger partial charge on any atom is -0.368 e. The van der Waals surface area contributed by atoms with Gasteiger partial charge in [0.05, 0.1) is 6.04 Å². The van der Waals surface area contributed by atoms with Crippen LogP contribution < -0.4 is 11.1 Å². The van der Waals surface area contributed by atoms with Crippen molar-refractivity contribution >= 4 is 5.91 Å². The minimum absolute atomic E-state index is 0.237. The van der Waals surface area contributed by atoms with Gasteiger partial charge in [-0.1, -0.05) is 40.5 Å². The summed E-state index contributed by atoms with van der Waals surface area (Å²) in [6.07, 6.45) is 4.72. The van der Waals surface area contributed by atoms with Gasteiger partial charge in [-0.3, -0.25) is 4.79 Å². The monoisotopic (exact) mass is 257 g/mol. The van der Waals surface area contributed by atoms with E-state index in [0.717, 1.165) is 19.6 Å². The van der Waals surface area contributed by atoms with Crippen LogP contribution in [0.4, 0.5) is 0 Å². The van der Waals surface area contributed by atoms with Crippen molar-refractivity contribution in [1.82, 2.24) is 10.2 Å². The first kappa shape index (κ1) is 17.4. The molecule has 0 fully saturated rings. The molecule has 0 aromatic carbocycles. The van der Waals surface area contributed by atoms with Gasteiger partial charge in [0.25, 0.3) is 0 Å². The number of nitrogens with one attached hydrogen (secondary N) is 1. The average molecular weight is 257 g/mol. The summed E-state index contributed by atoms with van der Waals surface area (Å²) in [4.78, 5) is 13.8. The van der Waals surface area contributed by atoms with Crippen LogP contribution in [-0.4, -0.2) is 42.5 Å². The third-order valence-electron chi connectivity index (χ3n) is 2.97. The van der Waals surface area contributed by atoms with Gasteiger partial charge in [-0.25, -0.2) is 0 Å². The van der Waals surface area contributed by atoms with Crippen LogP contribution in [0.25, 0.3) is 0 Å². The van der Waals surface area contributed by atoms with Gasteiger partial charge in [0, 0.05) is 12.6 Å². The molecule has 0 aliphatic heterocycles. The third-order valence-corrected chi connectivity index (χ3v) is 2.97. The molecule has 1 unspecified atom stereocenters. The zero-order valence-electron chi connectivity index (χ0n) is 12.5. The normalized spacial score (nSPS) is 13.2. The molecule has 0 aromatic heterocycles. The highest BCUT2D eigenvalue weighted by Gasteiger charge is 2.19. The van der Waals surface area contributed by atoms with E-state index < -0.39 is 0 Å². The number of carbonyl (C=O) groups excluding carboxylic acids is 1. The van der Waals surface area contributed by atoms with E-state index in [1.54, 1.807) is 0 Å². The van der Waals surface area contributed by atoms with Crippen molar-refractivity contribution in [3.05, 3.63) is 0 Å². The summed E-state index contributed by atoms with van der Waals surface area (Å²) in [6.45, 7) is 11.3. The highest BCUT2D eigenvalue weighted by Crippen LogP contribution is 2.01.